The van der Waals surface area contributed by atoms with Crippen LogP contribution >= 0.6 is 27.3 Å². The molecule has 0 bridgehead atoms. The molecule has 1 N–H and O–H groups in total. The van der Waals surface area contributed by atoms with Crippen molar-refractivity contribution in [3.05, 3.63) is 44.6 Å². The van der Waals surface area contributed by atoms with Gasteiger partial charge >= 0.3 is 0 Å². The Labute approximate surface area is 126 Å². The summed E-state index contributed by atoms with van der Waals surface area (Å²) in [7, 11) is 0. The van der Waals surface area contributed by atoms with E-state index in [1.54, 1.807) is 11.3 Å². The van der Waals surface area contributed by atoms with Gasteiger partial charge in [-0.05, 0) is 47.4 Å². The van der Waals surface area contributed by atoms with E-state index in [4.69, 9.17) is 0 Å². The smallest absolute Gasteiger partial charge is 0.0897 e. The fraction of sp³-hybridized carbons (Fsp3) is 0.429. The molecular weight excluding hydrogens is 322 g/mol. The van der Waals surface area contributed by atoms with E-state index in [0.29, 0.717) is 6.04 Å². The number of halogens is 1. The first kappa shape index (κ1) is 14.6. The van der Waals surface area contributed by atoms with Gasteiger partial charge in [-0.15, -0.1) is 11.3 Å². The summed E-state index contributed by atoms with van der Waals surface area (Å²) in [5, 5.41) is 6.82. The van der Waals surface area contributed by atoms with Crippen molar-refractivity contribution in [2.75, 3.05) is 6.54 Å². The topological polar surface area (TPSA) is 37.8 Å². The molecule has 0 aliphatic carbocycles. The van der Waals surface area contributed by atoms with E-state index >= 15 is 0 Å². The second-order valence-electron chi connectivity index (χ2n) is 4.53. The summed E-state index contributed by atoms with van der Waals surface area (Å²) in [5.41, 5.74) is 2.42. The summed E-state index contributed by atoms with van der Waals surface area (Å²) >= 11 is 5.18. The number of hydrogen-bond donors (Lipinski definition) is 1. The van der Waals surface area contributed by atoms with E-state index in [-0.39, 0.29) is 0 Å². The zero-order valence-corrected chi connectivity index (χ0v) is 13.6. The van der Waals surface area contributed by atoms with Crippen LogP contribution in [0.4, 0.5) is 0 Å². The molecule has 0 aliphatic rings. The maximum Gasteiger partial charge on any atom is 0.0897 e. The second-order valence-corrected chi connectivity index (χ2v) is 6.51. The first-order valence-electron chi connectivity index (χ1n) is 6.41. The average Bonchev–Trinajstić information content (AvgIpc) is 2.75. The van der Waals surface area contributed by atoms with Gasteiger partial charge in [-0.25, -0.2) is 4.98 Å². The molecule has 2 aromatic rings. The van der Waals surface area contributed by atoms with Crippen LogP contribution < -0.4 is 5.32 Å². The molecule has 0 saturated carbocycles. The summed E-state index contributed by atoms with van der Waals surface area (Å²) in [6, 6.07) is 2.53. The Hall–Kier alpha value is -0.780. The largest absolute Gasteiger partial charge is 0.314 e. The number of aromatic nitrogens is 2. The normalized spacial score (nSPS) is 12.6. The number of likely N-dealkylation sites (N-methyl/N-ethyl adjacent to an activating group) is 1. The van der Waals surface area contributed by atoms with Gasteiger partial charge in [0.25, 0.3) is 0 Å². The van der Waals surface area contributed by atoms with Gasteiger partial charge in [-0.2, -0.15) is 0 Å². The molecule has 0 saturated heterocycles. The zero-order chi connectivity index (χ0) is 13.7. The van der Waals surface area contributed by atoms with Gasteiger partial charge in [0.1, 0.15) is 0 Å². The van der Waals surface area contributed by atoms with Crippen LogP contribution in [0, 0.1) is 6.92 Å². The molecule has 102 valence electrons. The Morgan fingerprint density at radius 3 is 2.84 bits per heavy atom. The predicted molar refractivity (Wildman–Crippen MR) is 83.7 cm³/mol. The molecule has 1 unspecified atom stereocenters. The van der Waals surface area contributed by atoms with E-state index in [2.05, 4.69) is 56.5 Å². The van der Waals surface area contributed by atoms with Crippen LogP contribution in [0.3, 0.4) is 0 Å². The molecule has 2 aromatic heterocycles. The third-order valence-electron chi connectivity index (χ3n) is 2.86. The Morgan fingerprint density at radius 2 is 2.21 bits per heavy atom. The Bertz CT molecular complexity index is 527. The van der Waals surface area contributed by atoms with Gasteiger partial charge in [0, 0.05) is 34.7 Å². The van der Waals surface area contributed by atoms with Crippen LogP contribution in [0.2, 0.25) is 0 Å². The van der Waals surface area contributed by atoms with Crippen molar-refractivity contribution in [1.29, 1.82) is 0 Å². The lowest BCUT2D eigenvalue weighted by molar-refractivity contribution is 0.516. The average molecular weight is 340 g/mol. The van der Waals surface area contributed by atoms with Crippen molar-refractivity contribution in [1.82, 2.24) is 15.3 Å². The van der Waals surface area contributed by atoms with E-state index in [9.17, 15) is 0 Å². The molecule has 0 amide bonds. The minimum atomic E-state index is 0.405. The molecule has 1 atom stereocenters. The maximum absolute atomic E-state index is 4.55. The zero-order valence-electron chi connectivity index (χ0n) is 11.2. The Kier molecular flexibility index (Phi) is 5.48. The van der Waals surface area contributed by atoms with Crippen LogP contribution in [0.15, 0.2) is 28.3 Å². The van der Waals surface area contributed by atoms with Gasteiger partial charge in [0.15, 0.2) is 0 Å². The maximum atomic E-state index is 4.55. The van der Waals surface area contributed by atoms with Gasteiger partial charge in [0.2, 0.25) is 0 Å². The lowest BCUT2D eigenvalue weighted by Crippen LogP contribution is -2.33. The minimum absolute atomic E-state index is 0.405. The minimum Gasteiger partial charge on any atom is -0.314 e. The lowest BCUT2D eigenvalue weighted by Gasteiger charge is -2.16. The van der Waals surface area contributed by atoms with Gasteiger partial charge in [-0.3, -0.25) is 4.98 Å². The van der Waals surface area contributed by atoms with E-state index in [1.807, 2.05) is 12.4 Å². The monoisotopic (exact) mass is 339 g/mol. The molecule has 3 nitrogen and oxygen atoms in total. The molecule has 2 heterocycles. The van der Waals surface area contributed by atoms with Crippen molar-refractivity contribution in [3.8, 4) is 0 Å². The number of nitrogens with one attached hydrogen (secondary N) is 1. The van der Waals surface area contributed by atoms with Gasteiger partial charge in [-0.1, -0.05) is 6.92 Å². The number of rotatable bonds is 6. The summed E-state index contributed by atoms with van der Waals surface area (Å²) in [6.07, 6.45) is 5.68. The third kappa shape index (κ3) is 4.67. The van der Waals surface area contributed by atoms with Crippen LogP contribution in [0.1, 0.15) is 23.2 Å². The number of nitrogens with zero attached hydrogens (tertiary/aromatic N) is 2. The SMILES string of the molecule is CCNC(Cc1cncc(Br)c1)Cc1csc(C)n1. The van der Waals surface area contributed by atoms with Crippen molar-refractivity contribution in [2.45, 2.75) is 32.7 Å². The number of pyridine rings is 1. The van der Waals surface area contributed by atoms with Gasteiger partial charge < -0.3 is 5.32 Å². The first-order chi connectivity index (χ1) is 9.17. The molecule has 2 rings (SSSR count). The molecular formula is C14H18BrN3S. The summed E-state index contributed by atoms with van der Waals surface area (Å²) in [5.74, 6) is 0. The van der Waals surface area contributed by atoms with Gasteiger partial charge in [0.05, 0.1) is 10.7 Å². The van der Waals surface area contributed by atoms with E-state index in [1.165, 1.54) is 11.3 Å². The van der Waals surface area contributed by atoms with Crippen LogP contribution in [0.25, 0.3) is 0 Å². The Balaban J connectivity index is 2.03. The second kappa shape index (κ2) is 7.12. The highest BCUT2D eigenvalue weighted by atomic mass is 79.9. The molecule has 0 aromatic carbocycles. The highest BCUT2D eigenvalue weighted by molar-refractivity contribution is 9.10. The standard InChI is InChI=1S/C14H18BrN3S/c1-3-17-13(6-14-9-19-10(2)18-14)5-11-4-12(15)8-16-7-11/h4,7-9,13,17H,3,5-6H2,1-2H3. The van der Waals surface area contributed by atoms with Crippen LogP contribution in [0.5, 0.6) is 0 Å². The Morgan fingerprint density at radius 1 is 1.37 bits per heavy atom. The highest BCUT2D eigenvalue weighted by Gasteiger charge is 2.12. The molecule has 0 radical (unpaired) electrons. The van der Waals surface area contributed by atoms with Crippen LogP contribution in [-0.4, -0.2) is 22.6 Å². The van der Waals surface area contributed by atoms with Crippen molar-refractivity contribution < 1.29 is 0 Å². The predicted octanol–water partition coefficient (Wildman–Crippen LogP) is 3.37. The van der Waals surface area contributed by atoms with Crippen molar-refractivity contribution in [3.63, 3.8) is 0 Å². The molecule has 19 heavy (non-hydrogen) atoms. The quantitative estimate of drug-likeness (QED) is 0.876. The highest BCUT2D eigenvalue weighted by Crippen LogP contribution is 2.14. The number of thiazole rings is 1. The molecule has 0 aliphatic heterocycles. The fourth-order valence-electron chi connectivity index (χ4n) is 2.11. The van der Waals surface area contributed by atoms with Crippen molar-refractivity contribution >= 4 is 27.3 Å². The summed E-state index contributed by atoms with van der Waals surface area (Å²) < 4.78 is 1.03. The number of hydrogen-bond acceptors (Lipinski definition) is 4. The first-order valence-corrected chi connectivity index (χ1v) is 8.08. The third-order valence-corrected chi connectivity index (χ3v) is 4.11. The van der Waals surface area contributed by atoms with E-state index < -0.39 is 0 Å². The lowest BCUT2D eigenvalue weighted by atomic mass is 10.0. The van der Waals surface area contributed by atoms with E-state index in [0.717, 1.165) is 28.9 Å². The molecule has 5 heteroatoms. The summed E-state index contributed by atoms with van der Waals surface area (Å²) in [6.45, 7) is 5.16. The van der Waals surface area contributed by atoms with Crippen LogP contribution in [-0.2, 0) is 12.8 Å². The fourth-order valence-corrected chi connectivity index (χ4v) is 3.15. The van der Waals surface area contributed by atoms with Crippen molar-refractivity contribution in [2.24, 2.45) is 0 Å². The molecule has 0 spiro atoms. The molecule has 0 fully saturated rings. The summed E-state index contributed by atoms with van der Waals surface area (Å²) in [4.78, 5) is 8.77. The number of aryl methyl sites for hydroxylation is 1.